The molecule has 1 aromatic heterocycles. The van der Waals surface area contributed by atoms with Crippen molar-refractivity contribution >= 4 is 27.8 Å². The van der Waals surface area contributed by atoms with Gasteiger partial charge in [-0.05, 0) is 37.6 Å². The molecule has 0 aliphatic rings. The van der Waals surface area contributed by atoms with Crippen LogP contribution in [0.4, 0.5) is 0 Å². The summed E-state index contributed by atoms with van der Waals surface area (Å²) >= 11 is 0. The molecular weight excluding hydrogens is 338 g/mol. The van der Waals surface area contributed by atoms with Crippen LogP contribution in [0.25, 0.3) is 32.9 Å². The average Bonchev–Trinajstić information content (AvgIpc) is 2.94. The molecule has 0 amide bonds. The van der Waals surface area contributed by atoms with Crippen LogP contribution in [-0.2, 0) is 11.8 Å². The van der Waals surface area contributed by atoms with Crippen molar-refractivity contribution in [2.45, 2.75) is 13.8 Å². The number of nitrogens with zero attached hydrogens (tertiary/aromatic N) is 1. The third-order valence-corrected chi connectivity index (χ3v) is 4.99. The Morgan fingerprint density at radius 1 is 1.07 bits per heavy atom. The van der Waals surface area contributed by atoms with E-state index in [1.165, 1.54) is 0 Å². The number of aromatic nitrogens is 1. The first kappa shape index (κ1) is 17.2. The lowest BCUT2D eigenvalue weighted by molar-refractivity contribution is 0.0524. The molecule has 0 aliphatic heterocycles. The molecule has 0 saturated heterocycles. The van der Waals surface area contributed by atoms with E-state index in [0.717, 1.165) is 27.5 Å². The van der Waals surface area contributed by atoms with Crippen LogP contribution in [0.1, 0.15) is 22.8 Å². The lowest BCUT2D eigenvalue weighted by atomic mass is 9.95. The van der Waals surface area contributed by atoms with Gasteiger partial charge < -0.3 is 14.4 Å². The fraction of sp³-hybridized carbons (Fsp3) is 0.174. The number of aromatic hydroxyl groups is 1. The summed E-state index contributed by atoms with van der Waals surface area (Å²) in [5.41, 5.74) is 4.72. The molecule has 136 valence electrons. The Balaban J connectivity index is 2.16. The Morgan fingerprint density at radius 3 is 2.52 bits per heavy atom. The van der Waals surface area contributed by atoms with Crippen LogP contribution in [0.3, 0.4) is 0 Å². The van der Waals surface area contributed by atoms with Crippen molar-refractivity contribution in [1.29, 1.82) is 0 Å². The zero-order valence-electron chi connectivity index (χ0n) is 15.6. The lowest BCUT2D eigenvalue weighted by Gasteiger charge is -2.13. The third-order valence-electron chi connectivity index (χ3n) is 4.99. The number of phenolic OH excluding ortho intramolecular Hbond substituents is 1. The van der Waals surface area contributed by atoms with Crippen LogP contribution in [-0.4, -0.2) is 22.2 Å². The van der Waals surface area contributed by atoms with Crippen LogP contribution in [0.5, 0.6) is 5.75 Å². The molecule has 0 atom stereocenters. The lowest BCUT2D eigenvalue weighted by Crippen LogP contribution is -2.07. The van der Waals surface area contributed by atoms with Gasteiger partial charge in [-0.3, -0.25) is 0 Å². The summed E-state index contributed by atoms with van der Waals surface area (Å²) in [7, 11) is 1.97. The van der Waals surface area contributed by atoms with Gasteiger partial charge in [0.25, 0.3) is 0 Å². The van der Waals surface area contributed by atoms with E-state index < -0.39 is 5.97 Å². The van der Waals surface area contributed by atoms with Gasteiger partial charge in [-0.1, -0.05) is 42.0 Å². The summed E-state index contributed by atoms with van der Waals surface area (Å²) < 4.78 is 7.30. The molecule has 0 unspecified atom stereocenters. The van der Waals surface area contributed by atoms with E-state index >= 15 is 0 Å². The molecule has 0 bridgehead atoms. The Hall–Kier alpha value is -3.27. The summed E-state index contributed by atoms with van der Waals surface area (Å²) in [4.78, 5) is 12.7. The van der Waals surface area contributed by atoms with Gasteiger partial charge in [0.2, 0.25) is 0 Å². The highest BCUT2D eigenvalue weighted by atomic mass is 16.5. The van der Waals surface area contributed by atoms with E-state index in [-0.39, 0.29) is 17.9 Å². The molecule has 0 aliphatic carbocycles. The van der Waals surface area contributed by atoms with E-state index in [4.69, 9.17) is 4.74 Å². The number of aryl methyl sites for hydroxylation is 2. The summed E-state index contributed by atoms with van der Waals surface area (Å²) in [5.74, 6) is -0.540. The molecule has 4 heteroatoms. The fourth-order valence-corrected chi connectivity index (χ4v) is 3.71. The molecule has 0 radical (unpaired) electrons. The zero-order valence-corrected chi connectivity index (χ0v) is 15.6. The molecule has 1 heterocycles. The topological polar surface area (TPSA) is 51.5 Å². The third kappa shape index (κ3) is 2.65. The van der Waals surface area contributed by atoms with Gasteiger partial charge in [0.1, 0.15) is 11.3 Å². The minimum atomic E-state index is -0.514. The highest BCUT2D eigenvalue weighted by Gasteiger charge is 2.24. The van der Waals surface area contributed by atoms with Gasteiger partial charge in [-0.25, -0.2) is 4.79 Å². The summed E-state index contributed by atoms with van der Waals surface area (Å²) in [6.45, 7) is 4.02. The van der Waals surface area contributed by atoms with Crippen molar-refractivity contribution in [2.24, 2.45) is 7.05 Å². The standard InChI is InChI=1S/C23H21NO3/c1-4-27-23(26)21-16(15-8-6-5-7-9-15)13-19-20(22(21)25)17-12-14(2)10-11-18(17)24(19)3/h5-13,25H,4H2,1-3H3. The first-order chi connectivity index (χ1) is 13.0. The van der Waals surface area contributed by atoms with Gasteiger partial charge in [-0.15, -0.1) is 0 Å². The molecular formula is C23H21NO3. The summed E-state index contributed by atoms with van der Waals surface area (Å²) in [6, 6.07) is 17.7. The van der Waals surface area contributed by atoms with Crippen molar-refractivity contribution in [3.8, 4) is 16.9 Å². The predicted molar refractivity (Wildman–Crippen MR) is 108 cm³/mol. The normalized spacial score (nSPS) is 11.2. The summed E-state index contributed by atoms with van der Waals surface area (Å²) in [5, 5.41) is 12.8. The van der Waals surface area contributed by atoms with Crippen LogP contribution in [0.15, 0.2) is 54.6 Å². The van der Waals surface area contributed by atoms with Crippen LogP contribution < -0.4 is 0 Å². The van der Waals surface area contributed by atoms with Gasteiger partial charge in [0, 0.05) is 23.5 Å². The van der Waals surface area contributed by atoms with E-state index in [9.17, 15) is 9.90 Å². The monoisotopic (exact) mass is 359 g/mol. The van der Waals surface area contributed by atoms with E-state index in [1.807, 2.05) is 73.1 Å². The fourth-order valence-electron chi connectivity index (χ4n) is 3.71. The number of carbonyl (C=O) groups is 1. The Morgan fingerprint density at radius 2 is 1.81 bits per heavy atom. The quantitative estimate of drug-likeness (QED) is 0.512. The minimum Gasteiger partial charge on any atom is -0.506 e. The number of rotatable bonds is 3. The first-order valence-electron chi connectivity index (χ1n) is 9.00. The largest absolute Gasteiger partial charge is 0.506 e. The number of fused-ring (bicyclic) bond motifs is 3. The number of benzene rings is 3. The number of hydrogen-bond acceptors (Lipinski definition) is 3. The first-order valence-corrected chi connectivity index (χ1v) is 9.00. The molecule has 4 aromatic rings. The number of phenols is 1. The van der Waals surface area contributed by atoms with Crippen LogP contribution in [0.2, 0.25) is 0 Å². The second-order valence-corrected chi connectivity index (χ2v) is 6.71. The number of ether oxygens (including phenoxy) is 1. The van der Waals surface area contributed by atoms with E-state index in [0.29, 0.717) is 10.9 Å². The van der Waals surface area contributed by atoms with Crippen molar-refractivity contribution < 1.29 is 14.6 Å². The molecule has 0 spiro atoms. The smallest absolute Gasteiger partial charge is 0.342 e. The maximum atomic E-state index is 12.7. The molecule has 27 heavy (non-hydrogen) atoms. The van der Waals surface area contributed by atoms with Gasteiger partial charge in [-0.2, -0.15) is 0 Å². The van der Waals surface area contributed by atoms with Crippen molar-refractivity contribution in [3.05, 3.63) is 65.7 Å². The van der Waals surface area contributed by atoms with Crippen LogP contribution >= 0.6 is 0 Å². The van der Waals surface area contributed by atoms with Gasteiger partial charge >= 0.3 is 5.97 Å². The van der Waals surface area contributed by atoms with Crippen LogP contribution in [0, 0.1) is 6.92 Å². The van der Waals surface area contributed by atoms with Crippen molar-refractivity contribution in [3.63, 3.8) is 0 Å². The SMILES string of the molecule is CCOC(=O)c1c(-c2ccccc2)cc2c(c1O)c1cc(C)ccc1n2C. The maximum Gasteiger partial charge on any atom is 0.342 e. The highest BCUT2D eigenvalue weighted by molar-refractivity contribution is 6.17. The molecule has 1 N–H and O–H groups in total. The molecule has 4 nitrogen and oxygen atoms in total. The minimum absolute atomic E-state index is 0.0268. The average molecular weight is 359 g/mol. The molecule has 0 saturated carbocycles. The number of esters is 1. The zero-order chi connectivity index (χ0) is 19.1. The number of carbonyl (C=O) groups excluding carboxylic acids is 1. The van der Waals surface area contributed by atoms with Gasteiger partial charge in [0.05, 0.1) is 17.5 Å². The maximum absolute atomic E-state index is 12.7. The van der Waals surface area contributed by atoms with Crippen molar-refractivity contribution in [1.82, 2.24) is 4.57 Å². The Kier molecular flexibility index (Phi) is 4.11. The number of hydrogen-bond donors (Lipinski definition) is 1. The van der Waals surface area contributed by atoms with Crippen molar-refractivity contribution in [2.75, 3.05) is 6.61 Å². The Labute approximate surface area is 157 Å². The van der Waals surface area contributed by atoms with Gasteiger partial charge in [0.15, 0.2) is 0 Å². The Bertz CT molecular complexity index is 1170. The summed E-state index contributed by atoms with van der Waals surface area (Å²) in [6.07, 6.45) is 0. The molecule has 0 fully saturated rings. The van der Waals surface area contributed by atoms with E-state index in [2.05, 4.69) is 0 Å². The van der Waals surface area contributed by atoms with E-state index in [1.54, 1.807) is 6.92 Å². The second-order valence-electron chi connectivity index (χ2n) is 6.71. The highest BCUT2D eigenvalue weighted by Crippen LogP contribution is 2.42. The molecule has 3 aromatic carbocycles. The molecule has 4 rings (SSSR count). The predicted octanol–water partition coefficient (Wildman–Crippen LogP) is 5.19. The second kappa shape index (κ2) is 6.47.